The summed E-state index contributed by atoms with van der Waals surface area (Å²) in [5.74, 6) is 3.20. The van der Waals surface area contributed by atoms with Gasteiger partial charge in [-0.1, -0.05) is 49.2 Å². The lowest BCUT2D eigenvalue weighted by atomic mass is 9.54. The molecule has 0 spiro atoms. The summed E-state index contributed by atoms with van der Waals surface area (Å²) in [7, 11) is 1.44. The van der Waals surface area contributed by atoms with Crippen LogP contribution in [0.4, 0.5) is 0 Å². The molecule has 0 bridgehead atoms. The molecule has 0 aromatic heterocycles. The normalized spacial score (nSPS) is 35.9. The number of aryl methyl sites for hydroxylation is 2. The minimum Gasteiger partial charge on any atom is -0.481 e. The van der Waals surface area contributed by atoms with Crippen LogP contribution in [0.3, 0.4) is 0 Å². The van der Waals surface area contributed by atoms with E-state index in [2.05, 4.69) is 38.1 Å². The summed E-state index contributed by atoms with van der Waals surface area (Å²) in [5, 5.41) is 10.7. The minimum absolute atomic E-state index is 0.165. The summed E-state index contributed by atoms with van der Waals surface area (Å²) in [6, 6.07) is 12.6. The number of rotatable bonds is 6. The quantitative estimate of drug-likeness (QED) is 0.297. The zero-order valence-corrected chi connectivity index (χ0v) is 31.7. The molecule has 0 radical (unpaired) electrons. The molecular weight excluding hydrogens is 683 g/mol. The molecule has 0 saturated heterocycles. The number of esters is 1. The van der Waals surface area contributed by atoms with Crippen molar-refractivity contribution in [1.29, 1.82) is 0 Å². The Hall–Kier alpha value is -2.70. The van der Waals surface area contributed by atoms with Gasteiger partial charge in [-0.2, -0.15) is 0 Å². The molecule has 0 amide bonds. The number of methoxy groups -OCH3 is 1. The Labute approximate surface area is 312 Å². The summed E-state index contributed by atoms with van der Waals surface area (Å²) in [4.78, 5) is 48.4. The second-order valence-electron chi connectivity index (χ2n) is 17.1. The molecule has 2 aromatic carbocycles. The average molecular weight is 736 g/mol. The number of fused-ring (bicyclic) bond motifs is 10. The summed E-state index contributed by atoms with van der Waals surface area (Å²) in [5.41, 5.74) is 5.17. The van der Waals surface area contributed by atoms with Crippen molar-refractivity contribution in [3.8, 4) is 0 Å². The Balaban J connectivity index is 0.000000159. The Kier molecular flexibility index (Phi) is 10.3. The topological polar surface area (TPSA) is 97.7 Å². The standard InChI is InChI=1S/C22H27ClO3.C21H25ClO3/c1-22-10-9-17-16-7-5-15(23)11-13(16)3-6-18(17)21(22)14(12-19(22)24)4-8-20(25)26-2;1-21-9-8-16-15-6-4-14(22)10-12(15)2-5-17(16)20(21)13(11-18(21)23)3-7-19(24)25/h5,7,11,14,17-18,21H,3-4,6,8-10,12H2,1-2H3;4,6,10,13,16-17,20H,2-3,5,7-9,11H2,1H3,(H,24,25)/t14-,17-,18-,21+,22-;13-,16-,17-,20+,21-/m11/s1. The van der Waals surface area contributed by atoms with Gasteiger partial charge in [0.25, 0.3) is 0 Å². The van der Waals surface area contributed by atoms with E-state index >= 15 is 0 Å². The van der Waals surface area contributed by atoms with Crippen molar-refractivity contribution in [2.45, 2.75) is 116 Å². The molecular formula is C43H52Cl2O6. The number of benzene rings is 2. The number of Topliss-reactive ketones (excluding diaryl/α,β-unsaturated/α-hetero) is 2. The Morgan fingerprint density at radius 2 is 1.20 bits per heavy atom. The first-order chi connectivity index (χ1) is 24.3. The second kappa shape index (κ2) is 14.3. The first-order valence-corrected chi connectivity index (χ1v) is 20.0. The van der Waals surface area contributed by atoms with E-state index in [1.165, 1.54) is 29.4 Å². The van der Waals surface area contributed by atoms with Gasteiger partial charge in [0.2, 0.25) is 0 Å². The molecule has 274 valence electrons. The summed E-state index contributed by atoms with van der Waals surface area (Å²) >= 11 is 12.4. The maximum Gasteiger partial charge on any atom is 0.305 e. The van der Waals surface area contributed by atoms with Crippen molar-refractivity contribution >= 4 is 46.7 Å². The number of hydrogen-bond acceptors (Lipinski definition) is 5. The van der Waals surface area contributed by atoms with Gasteiger partial charge in [0, 0.05) is 46.6 Å². The SMILES string of the molecule is COC(=O)CC[C@@H]1CC(=O)[C@@]2(C)CC[C@@H]3c4ccc(Cl)cc4CC[C@H]3[C@H]12.C[C@]12CC[C@@H]3c4ccc(Cl)cc4CC[C@H]3[C@@H]1[C@H](CCC(=O)O)CC2=O. The Morgan fingerprint density at radius 3 is 1.63 bits per heavy atom. The van der Waals surface area contributed by atoms with E-state index in [0.717, 1.165) is 67.8 Å². The van der Waals surface area contributed by atoms with Crippen molar-refractivity contribution in [2.24, 2.45) is 46.3 Å². The fraction of sp³-hybridized carbons (Fsp3) is 0.628. The molecule has 8 rings (SSSR count). The summed E-state index contributed by atoms with van der Waals surface area (Å²) in [6.45, 7) is 4.33. The maximum atomic E-state index is 12.9. The highest BCUT2D eigenvalue weighted by Gasteiger charge is 2.59. The highest BCUT2D eigenvalue weighted by atomic mass is 35.5. The Morgan fingerprint density at radius 1 is 0.745 bits per heavy atom. The van der Waals surface area contributed by atoms with Crippen LogP contribution in [0.15, 0.2) is 36.4 Å². The predicted molar refractivity (Wildman–Crippen MR) is 198 cm³/mol. The van der Waals surface area contributed by atoms with E-state index in [9.17, 15) is 19.2 Å². The number of carbonyl (C=O) groups excluding carboxylic acids is 3. The maximum absolute atomic E-state index is 12.9. The fourth-order valence-electron chi connectivity index (χ4n) is 12.5. The number of carboxylic acid groups (broad SMARTS) is 1. The molecule has 8 heteroatoms. The highest BCUT2D eigenvalue weighted by molar-refractivity contribution is 6.31. The number of aliphatic carboxylic acids is 1. The van der Waals surface area contributed by atoms with Crippen molar-refractivity contribution in [1.82, 2.24) is 0 Å². The summed E-state index contributed by atoms with van der Waals surface area (Å²) in [6.07, 6.45) is 11.5. The van der Waals surface area contributed by atoms with Crippen LogP contribution in [0, 0.1) is 46.3 Å². The third-order valence-corrected chi connectivity index (χ3v) is 15.2. The fourth-order valence-corrected chi connectivity index (χ4v) is 12.9. The first kappa shape index (κ1) is 36.6. The van der Waals surface area contributed by atoms with Crippen molar-refractivity contribution < 1.29 is 29.0 Å². The van der Waals surface area contributed by atoms with E-state index in [1.54, 1.807) is 0 Å². The number of ketones is 2. The monoisotopic (exact) mass is 734 g/mol. The largest absolute Gasteiger partial charge is 0.481 e. The molecule has 0 unspecified atom stereocenters. The molecule has 0 heterocycles. The number of carbonyl (C=O) groups is 4. The first-order valence-electron chi connectivity index (χ1n) is 19.3. The molecule has 6 aliphatic rings. The number of halogens is 2. The van der Waals surface area contributed by atoms with Crippen LogP contribution in [-0.2, 0) is 36.8 Å². The molecule has 4 saturated carbocycles. The van der Waals surface area contributed by atoms with Crippen molar-refractivity contribution in [3.05, 3.63) is 68.7 Å². The van der Waals surface area contributed by atoms with E-state index < -0.39 is 5.97 Å². The van der Waals surface area contributed by atoms with Gasteiger partial charge in [0.05, 0.1) is 7.11 Å². The molecule has 0 aliphatic heterocycles. The van der Waals surface area contributed by atoms with Crippen LogP contribution in [0.1, 0.15) is 125 Å². The molecule has 6 nitrogen and oxygen atoms in total. The van der Waals surface area contributed by atoms with Gasteiger partial charge < -0.3 is 9.84 Å². The molecule has 1 N–H and O–H groups in total. The minimum atomic E-state index is -0.753. The van der Waals surface area contributed by atoms with E-state index in [4.69, 9.17) is 33.0 Å². The predicted octanol–water partition coefficient (Wildman–Crippen LogP) is 9.80. The van der Waals surface area contributed by atoms with Crippen LogP contribution < -0.4 is 0 Å². The van der Waals surface area contributed by atoms with Crippen LogP contribution in [0.5, 0.6) is 0 Å². The van der Waals surface area contributed by atoms with Gasteiger partial charge in [-0.3, -0.25) is 19.2 Å². The van der Waals surface area contributed by atoms with Gasteiger partial charge in [0.1, 0.15) is 11.6 Å². The highest BCUT2D eigenvalue weighted by Crippen LogP contribution is 2.63. The Bertz CT molecular complexity index is 1720. The zero-order chi connectivity index (χ0) is 36.2. The number of hydrogen-bond donors (Lipinski definition) is 1. The van der Waals surface area contributed by atoms with E-state index in [-0.39, 0.29) is 29.1 Å². The summed E-state index contributed by atoms with van der Waals surface area (Å²) < 4.78 is 4.83. The molecule has 51 heavy (non-hydrogen) atoms. The number of ether oxygens (including phenoxy) is 1. The zero-order valence-electron chi connectivity index (χ0n) is 30.2. The van der Waals surface area contributed by atoms with Gasteiger partial charge >= 0.3 is 11.9 Å². The average Bonchev–Trinajstić information content (AvgIpc) is 3.53. The third kappa shape index (κ3) is 6.60. The molecule has 6 aliphatic carbocycles. The van der Waals surface area contributed by atoms with Gasteiger partial charge in [0.15, 0.2) is 0 Å². The second-order valence-corrected chi connectivity index (χ2v) is 18.0. The van der Waals surface area contributed by atoms with Crippen molar-refractivity contribution in [3.63, 3.8) is 0 Å². The van der Waals surface area contributed by atoms with Crippen LogP contribution in [0.2, 0.25) is 10.0 Å². The van der Waals surface area contributed by atoms with Crippen LogP contribution >= 0.6 is 23.2 Å². The number of carboxylic acids is 1. The lowest BCUT2D eigenvalue weighted by molar-refractivity contribution is -0.141. The molecule has 10 atom stereocenters. The lowest BCUT2D eigenvalue weighted by Crippen LogP contribution is -2.44. The van der Waals surface area contributed by atoms with Crippen molar-refractivity contribution in [2.75, 3.05) is 7.11 Å². The van der Waals surface area contributed by atoms with Gasteiger partial charge in [-0.05, 0) is 158 Å². The molecule has 4 fully saturated rings. The van der Waals surface area contributed by atoms with E-state index in [0.29, 0.717) is 78.7 Å². The molecule has 2 aromatic rings. The third-order valence-electron chi connectivity index (χ3n) is 14.7. The van der Waals surface area contributed by atoms with Crippen LogP contribution in [-0.4, -0.2) is 35.7 Å². The van der Waals surface area contributed by atoms with Crippen LogP contribution in [0.25, 0.3) is 0 Å². The van der Waals surface area contributed by atoms with Gasteiger partial charge in [-0.15, -0.1) is 0 Å². The lowest BCUT2D eigenvalue weighted by Gasteiger charge is -2.50. The van der Waals surface area contributed by atoms with E-state index in [1.807, 2.05) is 12.1 Å². The van der Waals surface area contributed by atoms with Gasteiger partial charge in [-0.25, -0.2) is 0 Å². The smallest absolute Gasteiger partial charge is 0.305 e.